The Kier molecular flexibility index (Phi) is 3.37. The molecule has 0 atom stereocenters. The molecule has 0 spiro atoms. The summed E-state index contributed by atoms with van der Waals surface area (Å²) in [4.78, 5) is 0. The van der Waals surface area contributed by atoms with Crippen molar-refractivity contribution in [2.45, 2.75) is 19.6 Å². The van der Waals surface area contributed by atoms with Gasteiger partial charge < -0.3 is 4.74 Å². The molecule has 0 saturated heterocycles. The Morgan fingerprint density at radius 3 is 2.07 bits per heavy atom. The third-order valence-corrected chi connectivity index (χ3v) is 2.55. The van der Waals surface area contributed by atoms with Crippen LogP contribution in [0.15, 0.2) is 24.3 Å². The fourth-order valence-corrected chi connectivity index (χ4v) is 1.45. The topological polar surface area (TPSA) is 9.23 Å². The van der Waals surface area contributed by atoms with E-state index in [9.17, 15) is 0 Å². The molecule has 0 fully saturated rings. The lowest BCUT2D eigenvalue weighted by molar-refractivity contribution is 0.415. The average molecular weight is 204 g/mol. The summed E-state index contributed by atoms with van der Waals surface area (Å²) < 4.78 is 5.08. The number of benzene rings is 1. The Bertz CT molecular complexity index is 349. The number of ether oxygens (including phenoxy) is 1. The van der Waals surface area contributed by atoms with Gasteiger partial charge in [0, 0.05) is 5.56 Å². The van der Waals surface area contributed by atoms with E-state index in [1.165, 1.54) is 0 Å². The van der Waals surface area contributed by atoms with Crippen LogP contribution < -0.4 is 4.74 Å². The van der Waals surface area contributed by atoms with E-state index in [1.54, 1.807) is 7.11 Å². The second kappa shape index (κ2) is 4.34. The Labute approximate surface area is 87.1 Å². The van der Waals surface area contributed by atoms with E-state index in [-0.39, 0.29) is 0 Å². The highest BCUT2D eigenvalue weighted by atomic mass is 28.3. The van der Waals surface area contributed by atoms with Gasteiger partial charge in [-0.3, -0.25) is 0 Å². The van der Waals surface area contributed by atoms with Gasteiger partial charge in [0.1, 0.15) is 13.8 Å². The van der Waals surface area contributed by atoms with Gasteiger partial charge in [0.15, 0.2) is 0 Å². The average Bonchev–Trinajstić information content (AvgIpc) is 2.14. The van der Waals surface area contributed by atoms with Gasteiger partial charge in [0.25, 0.3) is 0 Å². The zero-order chi connectivity index (χ0) is 10.6. The quantitative estimate of drug-likeness (QED) is 0.505. The molecule has 0 aliphatic carbocycles. The van der Waals surface area contributed by atoms with Crippen LogP contribution >= 0.6 is 0 Å². The van der Waals surface area contributed by atoms with Crippen LogP contribution in [0.4, 0.5) is 0 Å². The molecule has 0 amide bonds. The molecule has 0 aliphatic rings. The highest BCUT2D eigenvalue weighted by Crippen LogP contribution is 2.10. The Morgan fingerprint density at radius 2 is 1.64 bits per heavy atom. The smallest absolute Gasteiger partial charge is 0.129 e. The van der Waals surface area contributed by atoms with E-state index in [4.69, 9.17) is 4.74 Å². The molecule has 1 rings (SSSR count). The van der Waals surface area contributed by atoms with Gasteiger partial charge in [-0.25, -0.2) is 0 Å². The summed E-state index contributed by atoms with van der Waals surface area (Å²) in [5.74, 6) is 4.07. The number of hydrogen-bond donors (Lipinski definition) is 0. The van der Waals surface area contributed by atoms with E-state index >= 15 is 0 Å². The van der Waals surface area contributed by atoms with Crippen LogP contribution in [0.25, 0.3) is 0 Å². The lowest BCUT2D eigenvalue weighted by Crippen LogP contribution is -2.16. The van der Waals surface area contributed by atoms with Crippen molar-refractivity contribution in [1.29, 1.82) is 0 Å². The van der Waals surface area contributed by atoms with Gasteiger partial charge in [0.05, 0.1) is 7.11 Å². The minimum atomic E-state index is -1.25. The van der Waals surface area contributed by atoms with Gasteiger partial charge in [-0.2, -0.15) is 0 Å². The Balaban J connectivity index is 2.82. The largest absolute Gasteiger partial charge is 0.497 e. The van der Waals surface area contributed by atoms with Crippen molar-refractivity contribution in [3.05, 3.63) is 29.8 Å². The molecular weight excluding hydrogens is 188 g/mol. The van der Waals surface area contributed by atoms with Gasteiger partial charge in [0.2, 0.25) is 0 Å². The third-order valence-electron chi connectivity index (χ3n) is 1.67. The van der Waals surface area contributed by atoms with Crippen LogP contribution in [0.1, 0.15) is 5.56 Å². The first kappa shape index (κ1) is 10.9. The molecule has 0 aliphatic heterocycles. The summed E-state index contributed by atoms with van der Waals surface area (Å²) in [5, 5.41) is 0. The van der Waals surface area contributed by atoms with Crippen molar-refractivity contribution in [1.82, 2.24) is 0 Å². The highest BCUT2D eigenvalue weighted by Gasteiger charge is 2.07. The van der Waals surface area contributed by atoms with Gasteiger partial charge in [-0.05, 0) is 24.3 Å². The van der Waals surface area contributed by atoms with Crippen molar-refractivity contribution in [2.75, 3.05) is 7.11 Å². The highest BCUT2D eigenvalue weighted by molar-refractivity contribution is 6.83. The molecule has 0 unspecified atom stereocenters. The van der Waals surface area contributed by atoms with E-state index in [2.05, 4.69) is 31.1 Å². The summed E-state index contributed by atoms with van der Waals surface area (Å²) in [6.07, 6.45) is 0. The standard InChI is InChI=1S/C12H16OSi/c1-13-12-7-5-11(6-8-12)9-10-14(2,3)4/h5-8H,1-4H3. The van der Waals surface area contributed by atoms with Crippen molar-refractivity contribution < 1.29 is 4.74 Å². The molecule has 1 nitrogen and oxygen atoms in total. The molecule has 0 bridgehead atoms. The molecule has 1 aromatic carbocycles. The van der Waals surface area contributed by atoms with Gasteiger partial charge in [-0.1, -0.05) is 25.6 Å². The van der Waals surface area contributed by atoms with Crippen LogP contribution in [0, 0.1) is 11.5 Å². The summed E-state index contributed by atoms with van der Waals surface area (Å²) in [5.41, 5.74) is 4.39. The Morgan fingerprint density at radius 1 is 1.07 bits per heavy atom. The predicted molar refractivity (Wildman–Crippen MR) is 63.2 cm³/mol. The van der Waals surface area contributed by atoms with Gasteiger partial charge >= 0.3 is 0 Å². The van der Waals surface area contributed by atoms with E-state index in [0.29, 0.717) is 0 Å². The van der Waals surface area contributed by atoms with Crippen molar-refractivity contribution in [3.8, 4) is 17.2 Å². The molecule has 0 saturated carbocycles. The zero-order valence-electron chi connectivity index (χ0n) is 9.22. The summed E-state index contributed by atoms with van der Waals surface area (Å²) in [7, 11) is 0.415. The maximum absolute atomic E-state index is 5.08. The number of rotatable bonds is 1. The predicted octanol–water partition coefficient (Wildman–Crippen LogP) is 2.92. The van der Waals surface area contributed by atoms with Crippen molar-refractivity contribution in [2.24, 2.45) is 0 Å². The lowest BCUT2D eigenvalue weighted by Gasteiger charge is -2.03. The monoisotopic (exact) mass is 204 g/mol. The maximum atomic E-state index is 5.08. The van der Waals surface area contributed by atoms with E-state index in [1.807, 2.05) is 24.3 Å². The molecule has 0 N–H and O–H groups in total. The first-order chi connectivity index (χ1) is 6.51. The fourth-order valence-electron chi connectivity index (χ4n) is 0.934. The maximum Gasteiger partial charge on any atom is 0.129 e. The molecule has 0 radical (unpaired) electrons. The first-order valence-electron chi connectivity index (χ1n) is 4.68. The SMILES string of the molecule is COc1ccc(C#C[Si](C)(C)C)cc1. The molecule has 0 aromatic heterocycles. The zero-order valence-corrected chi connectivity index (χ0v) is 10.2. The summed E-state index contributed by atoms with van der Waals surface area (Å²) in [6, 6.07) is 7.86. The fraction of sp³-hybridized carbons (Fsp3) is 0.333. The van der Waals surface area contributed by atoms with Gasteiger partial charge in [-0.15, -0.1) is 5.54 Å². The van der Waals surface area contributed by atoms with Crippen LogP contribution in [0.3, 0.4) is 0 Å². The molecular formula is C12H16OSi. The molecule has 1 aromatic rings. The van der Waals surface area contributed by atoms with Crippen molar-refractivity contribution >= 4 is 8.07 Å². The summed E-state index contributed by atoms with van der Waals surface area (Å²) >= 11 is 0. The number of hydrogen-bond acceptors (Lipinski definition) is 1. The molecule has 0 heterocycles. The normalized spacial score (nSPS) is 10.3. The number of methoxy groups -OCH3 is 1. The third kappa shape index (κ3) is 3.67. The Hall–Kier alpha value is -1.20. The summed E-state index contributed by atoms with van der Waals surface area (Å²) in [6.45, 7) is 6.72. The lowest BCUT2D eigenvalue weighted by atomic mass is 10.2. The first-order valence-corrected chi connectivity index (χ1v) is 8.18. The van der Waals surface area contributed by atoms with Crippen molar-refractivity contribution in [3.63, 3.8) is 0 Å². The van der Waals surface area contributed by atoms with E-state index < -0.39 is 8.07 Å². The second-order valence-electron chi connectivity index (χ2n) is 4.23. The second-order valence-corrected chi connectivity index (χ2v) is 8.98. The van der Waals surface area contributed by atoms with Crippen LogP contribution in [0.5, 0.6) is 5.75 Å². The molecule has 14 heavy (non-hydrogen) atoms. The van der Waals surface area contributed by atoms with Crippen LogP contribution in [0.2, 0.25) is 19.6 Å². The minimum absolute atomic E-state index is 0.878. The van der Waals surface area contributed by atoms with Crippen LogP contribution in [-0.2, 0) is 0 Å². The van der Waals surface area contributed by atoms with E-state index in [0.717, 1.165) is 11.3 Å². The minimum Gasteiger partial charge on any atom is -0.497 e. The molecule has 2 heteroatoms. The molecule has 74 valence electrons. The van der Waals surface area contributed by atoms with Crippen LogP contribution in [-0.4, -0.2) is 15.2 Å².